The molecular formula is C21H21NO5S. The molecule has 2 aromatic heterocycles. The number of hydrogen-bond donors (Lipinski definition) is 0. The van der Waals surface area contributed by atoms with Crippen molar-refractivity contribution in [3.8, 4) is 5.75 Å². The molecule has 0 bridgehead atoms. The topological polar surface area (TPSA) is 69.0 Å². The molecule has 4 rings (SSSR count). The van der Waals surface area contributed by atoms with Crippen LogP contribution in [0.2, 0.25) is 0 Å². The highest BCUT2D eigenvalue weighted by Crippen LogP contribution is 2.26. The Morgan fingerprint density at radius 3 is 2.79 bits per heavy atom. The quantitative estimate of drug-likeness (QED) is 0.612. The van der Waals surface area contributed by atoms with E-state index in [0.29, 0.717) is 36.5 Å². The van der Waals surface area contributed by atoms with Crippen molar-refractivity contribution < 1.29 is 18.7 Å². The van der Waals surface area contributed by atoms with Gasteiger partial charge in [0, 0.05) is 29.5 Å². The van der Waals surface area contributed by atoms with Gasteiger partial charge in [0.2, 0.25) is 0 Å². The normalized spacial score (nSPS) is 14.9. The molecule has 0 radical (unpaired) electrons. The fourth-order valence-electron chi connectivity index (χ4n) is 3.52. The minimum Gasteiger partial charge on any atom is -0.493 e. The van der Waals surface area contributed by atoms with Crippen LogP contribution in [0.15, 0.2) is 51.0 Å². The Morgan fingerprint density at radius 1 is 1.25 bits per heavy atom. The zero-order chi connectivity index (χ0) is 19.5. The van der Waals surface area contributed by atoms with E-state index in [1.807, 2.05) is 17.5 Å². The maximum atomic E-state index is 13.4. The fraction of sp³-hybridized carbons (Fsp3) is 0.333. The lowest BCUT2D eigenvalue weighted by Gasteiger charge is -2.34. The first-order valence-corrected chi connectivity index (χ1v) is 10.1. The Balaban J connectivity index is 1.73. The van der Waals surface area contributed by atoms with Crippen molar-refractivity contribution in [3.05, 3.63) is 62.6 Å². The van der Waals surface area contributed by atoms with Crippen LogP contribution in [-0.2, 0) is 11.3 Å². The van der Waals surface area contributed by atoms with Crippen molar-refractivity contribution in [2.24, 2.45) is 0 Å². The molecular weight excluding hydrogens is 378 g/mol. The summed E-state index contributed by atoms with van der Waals surface area (Å²) in [6.07, 6.45) is 1.51. The second-order valence-electron chi connectivity index (χ2n) is 6.68. The molecule has 1 saturated heterocycles. The predicted octanol–water partition coefficient (Wildman–Crippen LogP) is 3.68. The van der Waals surface area contributed by atoms with E-state index in [1.54, 1.807) is 40.5 Å². The van der Waals surface area contributed by atoms with Crippen molar-refractivity contribution in [1.82, 2.24) is 4.90 Å². The molecule has 1 aromatic carbocycles. The molecule has 3 heterocycles. The molecule has 0 saturated carbocycles. The highest BCUT2D eigenvalue weighted by Gasteiger charge is 2.29. The van der Waals surface area contributed by atoms with Crippen molar-refractivity contribution in [3.63, 3.8) is 0 Å². The van der Waals surface area contributed by atoms with Crippen LogP contribution < -0.4 is 10.4 Å². The third kappa shape index (κ3) is 3.68. The van der Waals surface area contributed by atoms with Crippen LogP contribution in [0.4, 0.5) is 0 Å². The molecule has 146 valence electrons. The molecule has 6 nitrogen and oxygen atoms in total. The largest absolute Gasteiger partial charge is 0.493 e. The van der Waals surface area contributed by atoms with Crippen LogP contribution in [0.25, 0.3) is 11.0 Å². The van der Waals surface area contributed by atoms with Crippen LogP contribution in [0.3, 0.4) is 0 Å². The molecule has 28 heavy (non-hydrogen) atoms. The minimum atomic E-state index is -0.648. The van der Waals surface area contributed by atoms with Crippen molar-refractivity contribution in [2.75, 3.05) is 20.3 Å². The van der Waals surface area contributed by atoms with E-state index >= 15 is 0 Å². The number of rotatable bonds is 5. The van der Waals surface area contributed by atoms with Crippen molar-refractivity contribution in [2.45, 2.75) is 25.4 Å². The number of carbonyl (C=O) groups is 1. The zero-order valence-corrected chi connectivity index (χ0v) is 16.4. The van der Waals surface area contributed by atoms with Crippen molar-refractivity contribution >= 4 is 28.2 Å². The summed E-state index contributed by atoms with van der Waals surface area (Å²) in [5.74, 6) is 0.159. The molecule has 7 heteroatoms. The number of amides is 1. The molecule has 0 unspecified atom stereocenters. The van der Waals surface area contributed by atoms with E-state index in [0.717, 1.165) is 17.7 Å². The van der Waals surface area contributed by atoms with E-state index in [1.165, 1.54) is 7.11 Å². The fourth-order valence-corrected chi connectivity index (χ4v) is 4.22. The van der Waals surface area contributed by atoms with Crippen molar-refractivity contribution in [1.29, 1.82) is 0 Å². The Hall–Kier alpha value is -2.64. The maximum Gasteiger partial charge on any atom is 0.349 e. The highest BCUT2D eigenvalue weighted by atomic mass is 32.1. The van der Waals surface area contributed by atoms with Crippen LogP contribution in [0.1, 0.15) is 28.1 Å². The van der Waals surface area contributed by atoms with Gasteiger partial charge >= 0.3 is 5.63 Å². The summed E-state index contributed by atoms with van der Waals surface area (Å²) in [5.41, 5.74) is -0.253. The number of thiophene rings is 1. The first-order valence-electron chi connectivity index (χ1n) is 9.19. The van der Waals surface area contributed by atoms with E-state index in [4.69, 9.17) is 13.9 Å². The first kappa shape index (κ1) is 18.7. The van der Waals surface area contributed by atoms with Gasteiger partial charge < -0.3 is 18.8 Å². The van der Waals surface area contributed by atoms with Gasteiger partial charge in [0.1, 0.15) is 5.56 Å². The number of ether oxygens (including phenoxy) is 2. The number of fused-ring (bicyclic) bond motifs is 1. The summed E-state index contributed by atoms with van der Waals surface area (Å²) in [6.45, 7) is 1.70. The summed E-state index contributed by atoms with van der Waals surface area (Å²) < 4.78 is 16.2. The number of para-hydroxylation sites is 1. The number of hydrogen-bond acceptors (Lipinski definition) is 6. The van der Waals surface area contributed by atoms with E-state index in [-0.39, 0.29) is 17.5 Å². The summed E-state index contributed by atoms with van der Waals surface area (Å²) in [7, 11) is 1.52. The van der Waals surface area contributed by atoms with E-state index in [9.17, 15) is 9.59 Å². The van der Waals surface area contributed by atoms with Gasteiger partial charge in [-0.3, -0.25) is 4.79 Å². The Labute approximate surface area is 166 Å². The van der Waals surface area contributed by atoms with Crippen LogP contribution in [-0.4, -0.2) is 37.2 Å². The number of carbonyl (C=O) groups excluding carboxylic acids is 1. The summed E-state index contributed by atoms with van der Waals surface area (Å²) >= 11 is 1.60. The Morgan fingerprint density at radius 2 is 2.07 bits per heavy atom. The zero-order valence-electron chi connectivity index (χ0n) is 15.6. The average Bonchev–Trinajstić information content (AvgIpc) is 3.24. The standard InChI is InChI=1S/C21H21NO5S/c1-25-18-6-2-4-14-12-17(21(24)27-19(14)18)20(23)22(13-16-5-3-11-28-16)15-7-9-26-10-8-15/h2-6,11-12,15H,7-10,13H2,1H3. The monoisotopic (exact) mass is 399 g/mol. The van der Waals surface area contributed by atoms with E-state index < -0.39 is 5.63 Å². The summed E-state index contributed by atoms with van der Waals surface area (Å²) in [4.78, 5) is 28.9. The molecule has 0 aliphatic carbocycles. The summed E-state index contributed by atoms with van der Waals surface area (Å²) in [6, 6.07) is 10.9. The Kier molecular flexibility index (Phi) is 5.45. The molecule has 1 amide bonds. The third-order valence-electron chi connectivity index (χ3n) is 4.97. The van der Waals surface area contributed by atoms with Gasteiger partial charge in [0.25, 0.3) is 5.91 Å². The molecule has 0 atom stereocenters. The van der Waals surface area contributed by atoms with Crippen LogP contribution in [0, 0.1) is 0 Å². The number of nitrogens with zero attached hydrogens (tertiary/aromatic N) is 1. The Bertz CT molecular complexity index is 1020. The highest BCUT2D eigenvalue weighted by molar-refractivity contribution is 7.09. The van der Waals surface area contributed by atoms with Gasteiger partial charge in [0.15, 0.2) is 11.3 Å². The molecule has 3 aromatic rings. The van der Waals surface area contributed by atoms with Crippen LogP contribution in [0.5, 0.6) is 5.75 Å². The molecule has 1 aliphatic heterocycles. The van der Waals surface area contributed by atoms with Gasteiger partial charge in [-0.2, -0.15) is 0 Å². The smallest absolute Gasteiger partial charge is 0.349 e. The van der Waals surface area contributed by atoms with E-state index in [2.05, 4.69) is 0 Å². The van der Waals surface area contributed by atoms with Gasteiger partial charge in [-0.05, 0) is 36.4 Å². The SMILES string of the molecule is COc1cccc2cc(C(=O)N(Cc3cccs3)C3CCOCC3)c(=O)oc12. The molecule has 1 aliphatic rings. The van der Waals surface area contributed by atoms with Gasteiger partial charge in [-0.1, -0.05) is 18.2 Å². The minimum absolute atomic E-state index is 0.0313. The second-order valence-corrected chi connectivity index (χ2v) is 7.71. The lowest BCUT2D eigenvalue weighted by Crippen LogP contribution is -2.44. The molecule has 0 N–H and O–H groups in total. The summed E-state index contributed by atoms with van der Waals surface area (Å²) in [5, 5.41) is 2.64. The molecule has 1 fully saturated rings. The lowest BCUT2D eigenvalue weighted by atomic mass is 10.0. The maximum absolute atomic E-state index is 13.4. The van der Waals surface area contributed by atoms with Gasteiger partial charge in [0.05, 0.1) is 13.7 Å². The average molecular weight is 399 g/mol. The second kappa shape index (κ2) is 8.16. The predicted molar refractivity (Wildman–Crippen MR) is 107 cm³/mol. The molecule has 0 spiro atoms. The van der Waals surface area contributed by atoms with Gasteiger partial charge in [-0.25, -0.2) is 4.79 Å². The third-order valence-corrected chi connectivity index (χ3v) is 5.83. The number of benzene rings is 1. The van der Waals surface area contributed by atoms with Crippen LogP contribution >= 0.6 is 11.3 Å². The first-order chi connectivity index (χ1) is 13.7. The number of methoxy groups -OCH3 is 1. The lowest BCUT2D eigenvalue weighted by molar-refractivity contribution is 0.0268. The van der Waals surface area contributed by atoms with Gasteiger partial charge in [-0.15, -0.1) is 11.3 Å².